The topological polar surface area (TPSA) is 45.1 Å². The molecule has 0 fully saturated rings. The number of hydrogen-bond donors (Lipinski definition) is 2. The van der Waals surface area contributed by atoms with E-state index in [0.717, 1.165) is 5.56 Å². The minimum atomic E-state index is -0.319. The number of aliphatic hydroxyl groups excluding tert-OH is 1. The number of halogens is 1. The van der Waals surface area contributed by atoms with Crippen LogP contribution in [0.15, 0.2) is 18.3 Å². The summed E-state index contributed by atoms with van der Waals surface area (Å²) >= 11 is 5.89. The van der Waals surface area contributed by atoms with E-state index in [2.05, 4.69) is 10.3 Å². The van der Waals surface area contributed by atoms with Crippen LogP contribution in [0.1, 0.15) is 19.4 Å². The van der Waals surface area contributed by atoms with Crippen LogP contribution in [0.4, 0.5) is 0 Å². The van der Waals surface area contributed by atoms with Gasteiger partial charge in [-0.3, -0.25) is 0 Å². The third-order valence-electron chi connectivity index (χ3n) is 2.27. The molecule has 3 nitrogen and oxygen atoms in total. The molecule has 1 heterocycles. The van der Waals surface area contributed by atoms with E-state index in [4.69, 9.17) is 11.6 Å². The lowest BCUT2D eigenvalue weighted by molar-refractivity contribution is 0.123. The summed E-state index contributed by atoms with van der Waals surface area (Å²) in [6, 6.07) is 3.77. The van der Waals surface area contributed by atoms with E-state index in [1.165, 1.54) is 0 Å². The molecule has 1 aromatic rings. The molecule has 2 N–H and O–H groups in total. The molecular weight excluding hydrogens is 212 g/mol. The molecule has 0 aliphatic heterocycles. The van der Waals surface area contributed by atoms with Crippen molar-refractivity contribution >= 4 is 11.6 Å². The van der Waals surface area contributed by atoms with Gasteiger partial charge in [0.25, 0.3) is 0 Å². The zero-order valence-electron chi connectivity index (χ0n) is 9.07. The number of pyridine rings is 1. The molecular formula is C11H17ClN2O. The number of hydrogen-bond acceptors (Lipinski definition) is 3. The summed E-state index contributed by atoms with van der Waals surface area (Å²) in [4.78, 5) is 3.97. The Morgan fingerprint density at radius 3 is 2.87 bits per heavy atom. The molecule has 0 bridgehead atoms. The molecule has 0 aliphatic carbocycles. The second kappa shape index (κ2) is 6.05. The number of nitrogens with zero attached hydrogens (tertiary/aromatic N) is 1. The van der Waals surface area contributed by atoms with Crippen molar-refractivity contribution in [2.75, 3.05) is 6.54 Å². The van der Waals surface area contributed by atoms with Crippen LogP contribution < -0.4 is 5.32 Å². The summed E-state index contributed by atoms with van der Waals surface area (Å²) in [5.41, 5.74) is 0.954. The van der Waals surface area contributed by atoms with E-state index in [9.17, 15) is 5.11 Å². The van der Waals surface area contributed by atoms with E-state index in [-0.39, 0.29) is 12.0 Å². The number of rotatable bonds is 5. The Kier molecular flexibility index (Phi) is 5.02. The molecule has 0 spiro atoms. The normalized spacial score (nSPS) is 13.1. The molecule has 1 rings (SSSR count). The van der Waals surface area contributed by atoms with Gasteiger partial charge in [0.05, 0.1) is 6.10 Å². The monoisotopic (exact) mass is 228 g/mol. The maximum atomic E-state index is 9.56. The first-order valence-electron chi connectivity index (χ1n) is 5.09. The zero-order valence-corrected chi connectivity index (χ0v) is 9.83. The Balaban J connectivity index is 2.35. The molecule has 0 saturated heterocycles. The predicted molar refractivity (Wildman–Crippen MR) is 61.8 cm³/mol. The van der Waals surface area contributed by atoms with E-state index in [1.807, 2.05) is 26.0 Å². The molecule has 0 aliphatic rings. The SMILES string of the molecule is CC(C)C(O)CNCc1cccnc1Cl. The maximum Gasteiger partial charge on any atom is 0.133 e. The van der Waals surface area contributed by atoms with Gasteiger partial charge in [-0.1, -0.05) is 31.5 Å². The number of nitrogens with one attached hydrogen (secondary N) is 1. The van der Waals surface area contributed by atoms with Crippen LogP contribution in [-0.2, 0) is 6.54 Å². The minimum Gasteiger partial charge on any atom is -0.392 e. The van der Waals surface area contributed by atoms with Gasteiger partial charge in [-0.25, -0.2) is 4.98 Å². The largest absolute Gasteiger partial charge is 0.392 e. The second-order valence-electron chi connectivity index (χ2n) is 3.90. The van der Waals surface area contributed by atoms with Gasteiger partial charge in [0.2, 0.25) is 0 Å². The highest BCUT2D eigenvalue weighted by Gasteiger charge is 2.08. The van der Waals surface area contributed by atoms with Crippen LogP contribution in [0.2, 0.25) is 5.15 Å². The van der Waals surface area contributed by atoms with Crippen LogP contribution in [0.5, 0.6) is 0 Å². The zero-order chi connectivity index (χ0) is 11.3. The first kappa shape index (κ1) is 12.4. The fourth-order valence-corrected chi connectivity index (χ4v) is 1.33. The van der Waals surface area contributed by atoms with Crippen molar-refractivity contribution in [1.29, 1.82) is 0 Å². The van der Waals surface area contributed by atoms with Gasteiger partial charge in [-0.05, 0) is 12.0 Å². The molecule has 0 aromatic carbocycles. The van der Waals surface area contributed by atoms with Crippen LogP contribution in [-0.4, -0.2) is 22.7 Å². The summed E-state index contributed by atoms with van der Waals surface area (Å²) in [5.74, 6) is 0.266. The Morgan fingerprint density at radius 2 is 2.27 bits per heavy atom. The quantitative estimate of drug-likeness (QED) is 0.756. The van der Waals surface area contributed by atoms with E-state index in [1.54, 1.807) is 6.20 Å². The average molecular weight is 229 g/mol. The molecule has 1 aromatic heterocycles. The molecule has 15 heavy (non-hydrogen) atoms. The molecule has 0 radical (unpaired) electrons. The fourth-order valence-electron chi connectivity index (χ4n) is 1.14. The highest BCUT2D eigenvalue weighted by atomic mass is 35.5. The van der Waals surface area contributed by atoms with Gasteiger partial charge in [0, 0.05) is 24.8 Å². The standard InChI is InChI=1S/C11H17ClN2O/c1-8(2)10(15)7-13-6-9-4-3-5-14-11(9)12/h3-5,8,10,13,15H,6-7H2,1-2H3. The smallest absolute Gasteiger partial charge is 0.133 e. The Hall–Kier alpha value is -0.640. The number of aliphatic hydroxyl groups is 1. The van der Waals surface area contributed by atoms with E-state index in [0.29, 0.717) is 18.2 Å². The van der Waals surface area contributed by atoms with Gasteiger partial charge in [0.1, 0.15) is 5.15 Å². The van der Waals surface area contributed by atoms with Crippen LogP contribution in [0.3, 0.4) is 0 Å². The van der Waals surface area contributed by atoms with Crippen LogP contribution in [0, 0.1) is 5.92 Å². The molecule has 4 heteroatoms. The van der Waals surface area contributed by atoms with Crippen LogP contribution >= 0.6 is 11.6 Å². The van der Waals surface area contributed by atoms with Crippen molar-refractivity contribution in [1.82, 2.24) is 10.3 Å². The Bertz CT molecular complexity index is 304. The van der Waals surface area contributed by atoms with Crippen molar-refractivity contribution in [3.8, 4) is 0 Å². The van der Waals surface area contributed by atoms with Gasteiger partial charge in [-0.15, -0.1) is 0 Å². The summed E-state index contributed by atoms with van der Waals surface area (Å²) in [7, 11) is 0. The lowest BCUT2D eigenvalue weighted by atomic mass is 10.1. The average Bonchev–Trinajstić information content (AvgIpc) is 2.20. The minimum absolute atomic E-state index is 0.266. The lowest BCUT2D eigenvalue weighted by Crippen LogP contribution is -2.30. The van der Waals surface area contributed by atoms with Gasteiger partial charge in [0.15, 0.2) is 0 Å². The second-order valence-corrected chi connectivity index (χ2v) is 4.25. The van der Waals surface area contributed by atoms with Crippen molar-refractivity contribution in [3.05, 3.63) is 29.0 Å². The van der Waals surface area contributed by atoms with Crippen molar-refractivity contribution < 1.29 is 5.11 Å². The summed E-state index contributed by atoms with van der Waals surface area (Å²) < 4.78 is 0. The summed E-state index contributed by atoms with van der Waals surface area (Å²) in [6.45, 7) is 5.19. The molecule has 0 saturated carbocycles. The maximum absolute atomic E-state index is 9.56. The van der Waals surface area contributed by atoms with Crippen molar-refractivity contribution in [2.45, 2.75) is 26.5 Å². The molecule has 1 atom stereocenters. The fraction of sp³-hybridized carbons (Fsp3) is 0.545. The lowest BCUT2D eigenvalue weighted by Gasteiger charge is -2.15. The van der Waals surface area contributed by atoms with Gasteiger partial charge in [-0.2, -0.15) is 0 Å². The molecule has 0 amide bonds. The predicted octanol–water partition coefficient (Wildman–Crippen LogP) is 1.84. The van der Waals surface area contributed by atoms with E-state index < -0.39 is 0 Å². The van der Waals surface area contributed by atoms with Crippen LogP contribution in [0.25, 0.3) is 0 Å². The third-order valence-corrected chi connectivity index (χ3v) is 2.62. The van der Waals surface area contributed by atoms with Gasteiger partial charge >= 0.3 is 0 Å². The Morgan fingerprint density at radius 1 is 1.53 bits per heavy atom. The van der Waals surface area contributed by atoms with E-state index >= 15 is 0 Å². The molecule has 1 unspecified atom stereocenters. The molecule has 84 valence electrons. The number of aromatic nitrogens is 1. The highest BCUT2D eigenvalue weighted by Crippen LogP contribution is 2.10. The first-order valence-corrected chi connectivity index (χ1v) is 5.47. The summed E-state index contributed by atoms with van der Waals surface area (Å²) in [6.07, 6.45) is 1.34. The first-order chi connectivity index (χ1) is 7.11. The van der Waals surface area contributed by atoms with Crippen molar-refractivity contribution in [3.63, 3.8) is 0 Å². The Labute approximate surface area is 95.5 Å². The van der Waals surface area contributed by atoms with Crippen molar-refractivity contribution in [2.24, 2.45) is 5.92 Å². The third kappa shape index (κ3) is 4.16. The van der Waals surface area contributed by atoms with Gasteiger partial charge < -0.3 is 10.4 Å². The highest BCUT2D eigenvalue weighted by molar-refractivity contribution is 6.30. The summed E-state index contributed by atoms with van der Waals surface area (Å²) in [5, 5.41) is 13.2.